The second-order valence-electron chi connectivity index (χ2n) is 6.36. The molecule has 1 N–H and O–H groups in total. The highest BCUT2D eigenvalue weighted by atomic mass is 32.1. The topological polar surface area (TPSA) is 82.3 Å². The van der Waals surface area contributed by atoms with Crippen LogP contribution in [0.25, 0.3) is 26.8 Å². The first-order chi connectivity index (χ1) is 14.3. The van der Waals surface area contributed by atoms with E-state index in [2.05, 4.69) is 20.2 Å². The van der Waals surface area contributed by atoms with Crippen molar-refractivity contribution in [2.75, 3.05) is 6.61 Å². The maximum absolute atomic E-state index is 8.53. The number of nitrogens with zero attached hydrogens (tertiary/aromatic N) is 4. The van der Waals surface area contributed by atoms with Crippen LogP contribution in [0.2, 0.25) is 0 Å². The van der Waals surface area contributed by atoms with Crippen LogP contribution in [0.1, 0.15) is 18.1 Å². The maximum atomic E-state index is 8.53. The summed E-state index contributed by atoms with van der Waals surface area (Å²) in [7, 11) is 0. The van der Waals surface area contributed by atoms with Crippen molar-refractivity contribution in [1.29, 1.82) is 0 Å². The molecule has 0 aliphatic heterocycles. The third kappa shape index (κ3) is 4.57. The summed E-state index contributed by atoms with van der Waals surface area (Å²) in [6.07, 6.45) is 3.74. The summed E-state index contributed by atoms with van der Waals surface area (Å²) in [5.41, 5.74) is 4.87. The zero-order valence-electron chi connectivity index (χ0n) is 15.9. The third-order valence-corrected chi connectivity index (χ3v) is 5.38. The Morgan fingerprint density at radius 1 is 0.897 bits per heavy atom. The number of benzene rings is 2. The van der Waals surface area contributed by atoms with Gasteiger partial charge in [0.1, 0.15) is 11.6 Å². The van der Waals surface area contributed by atoms with E-state index in [-0.39, 0.29) is 6.61 Å². The second-order valence-corrected chi connectivity index (χ2v) is 7.34. The quantitative estimate of drug-likeness (QED) is 0.339. The van der Waals surface area contributed by atoms with Gasteiger partial charge in [-0.3, -0.25) is 5.26 Å². The van der Waals surface area contributed by atoms with Gasteiger partial charge in [-0.1, -0.05) is 47.7 Å². The lowest BCUT2D eigenvalue weighted by molar-refractivity contribution is -0.253. The van der Waals surface area contributed by atoms with Crippen LogP contribution in [0, 0.1) is 0 Å². The lowest BCUT2D eigenvalue weighted by atomic mass is 10.1. The Labute approximate surface area is 172 Å². The van der Waals surface area contributed by atoms with Gasteiger partial charge in [0.15, 0.2) is 5.01 Å². The lowest BCUT2D eigenvalue weighted by Crippen LogP contribution is -1.96. The first-order valence-corrected chi connectivity index (χ1v) is 9.99. The lowest BCUT2D eigenvalue weighted by Gasteiger charge is -2.04. The van der Waals surface area contributed by atoms with E-state index in [1.165, 1.54) is 11.3 Å². The predicted molar refractivity (Wildman–Crippen MR) is 111 cm³/mol. The van der Waals surface area contributed by atoms with Crippen LogP contribution in [-0.4, -0.2) is 31.8 Å². The summed E-state index contributed by atoms with van der Waals surface area (Å²) in [6.45, 7) is 3.46. The molecule has 2 aromatic heterocycles. The molecule has 0 aliphatic carbocycles. The average Bonchev–Trinajstić information content (AvgIpc) is 3.43. The molecule has 29 heavy (non-hydrogen) atoms. The van der Waals surface area contributed by atoms with Gasteiger partial charge in [-0.15, -0.1) is 10.2 Å². The van der Waals surface area contributed by atoms with E-state index in [1.54, 1.807) is 6.20 Å². The van der Waals surface area contributed by atoms with E-state index in [4.69, 9.17) is 9.99 Å². The monoisotopic (exact) mass is 408 g/mol. The van der Waals surface area contributed by atoms with Crippen molar-refractivity contribution < 1.29 is 14.9 Å². The molecular weight excluding hydrogens is 388 g/mol. The molecule has 148 valence electrons. The summed E-state index contributed by atoms with van der Waals surface area (Å²) >= 11 is 1.51. The first-order valence-electron chi connectivity index (χ1n) is 9.18. The molecule has 0 aliphatic rings. The average molecular weight is 408 g/mol. The Morgan fingerprint density at radius 3 is 2.24 bits per heavy atom. The minimum Gasteiger partial charge on any atom is -0.377 e. The fraction of sp³-hybridized carbons (Fsp3) is 0.190. The number of hydrogen-bond acceptors (Lipinski definition) is 7. The zero-order chi connectivity index (χ0) is 20.1. The fourth-order valence-corrected chi connectivity index (χ4v) is 3.64. The van der Waals surface area contributed by atoms with E-state index < -0.39 is 0 Å². The van der Waals surface area contributed by atoms with Crippen molar-refractivity contribution in [2.24, 2.45) is 0 Å². The van der Waals surface area contributed by atoms with Crippen molar-refractivity contribution in [2.45, 2.75) is 20.1 Å². The second kappa shape index (κ2) is 9.06. The molecule has 0 atom stereocenters. The number of ether oxygens (including phenoxy) is 1. The molecule has 2 aromatic carbocycles. The summed E-state index contributed by atoms with van der Waals surface area (Å²) in [5.74, 6) is 0. The Kier molecular flexibility index (Phi) is 6.06. The summed E-state index contributed by atoms with van der Waals surface area (Å²) in [6, 6.07) is 15.8. The Hall–Kier alpha value is -2.91. The summed E-state index contributed by atoms with van der Waals surface area (Å²) in [5, 5.41) is 23.2. The third-order valence-electron chi connectivity index (χ3n) is 4.36. The minimum absolute atomic E-state index is 0.160. The van der Waals surface area contributed by atoms with E-state index in [1.807, 2.05) is 66.3 Å². The van der Waals surface area contributed by atoms with E-state index in [0.29, 0.717) is 13.2 Å². The molecule has 0 spiro atoms. The van der Waals surface area contributed by atoms with Gasteiger partial charge in [-0.25, -0.2) is 9.57 Å². The van der Waals surface area contributed by atoms with Crippen molar-refractivity contribution in [3.8, 4) is 26.8 Å². The van der Waals surface area contributed by atoms with E-state index in [9.17, 15) is 0 Å². The molecule has 4 rings (SSSR count). The molecule has 8 heteroatoms. The van der Waals surface area contributed by atoms with Gasteiger partial charge in [0, 0.05) is 18.4 Å². The molecule has 2 heterocycles. The zero-order valence-corrected chi connectivity index (χ0v) is 16.7. The molecule has 4 aromatic rings. The summed E-state index contributed by atoms with van der Waals surface area (Å²) in [4.78, 5) is 4.16. The van der Waals surface area contributed by atoms with Gasteiger partial charge < -0.3 is 4.74 Å². The molecule has 0 unspecified atom stereocenters. The van der Waals surface area contributed by atoms with Gasteiger partial charge in [-0.2, -0.15) is 5.10 Å². The highest BCUT2D eigenvalue weighted by Crippen LogP contribution is 2.30. The molecule has 0 saturated heterocycles. The largest absolute Gasteiger partial charge is 0.377 e. The highest BCUT2D eigenvalue weighted by molar-refractivity contribution is 7.17. The normalized spacial score (nSPS) is 11.1. The van der Waals surface area contributed by atoms with Gasteiger partial charge in [0.25, 0.3) is 0 Å². The van der Waals surface area contributed by atoms with Crippen molar-refractivity contribution in [3.05, 3.63) is 72.1 Å². The highest BCUT2D eigenvalue weighted by Gasteiger charge is 2.11. The molecule has 0 bridgehead atoms. The number of hydrogen-bond donors (Lipinski definition) is 1. The van der Waals surface area contributed by atoms with Crippen molar-refractivity contribution in [1.82, 2.24) is 20.0 Å². The molecule has 0 amide bonds. The Bertz CT molecular complexity index is 1060. The standard InChI is InChI=1S/C21H20N4O3S/c1-2-27-13-15-5-9-19(10-6-15)25-12-18(11-22-25)21-24-23-20(29-21)17-7-3-16(4-8-17)14-28-26/h3-12,26H,2,13-14H2,1H3. The van der Waals surface area contributed by atoms with Gasteiger partial charge in [0.2, 0.25) is 0 Å². The summed E-state index contributed by atoms with van der Waals surface area (Å²) < 4.78 is 7.25. The van der Waals surface area contributed by atoms with Crippen LogP contribution in [0.3, 0.4) is 0 Å². The van der Waals surface area contributed by atoms with Crippen LogP contribution in [-0.2, 0) is 22.8 Å². The van der Waals surface area contributed by atoms with Crippen LogP contribution >= 0.6 is 11.3 Å². The van der Waals surface area contributed by atoms with E-state index in [0.717, 1.165) is 38.0 Å². The van der Waals surface area contributed by atoms with Gasteiger partial charge in [-0.05, 0) is 30.2 Å². The van der Waals surface area contributed by atoms with Crippen LogP contribution in [0.15, 0.2) is 60.9 Å². The fourth-order valence-electron chi connectivity index (χ4n) is 2.81. The molecule has 0 fully saturated rings. The van der Waals surface area contributed by atoms with Crippen LogP contribution in [0.4, 0.5) is 0 Å². The predicted octanol–water partition coefficient (Wildman–Crippen LogP) is 4.58. The SMILES string of the molecule is CCOCc1ccc(-n2cc(-c3nnc(-c4ccc(COO)cc4)s3)cn2)cc1. The molecule has 7 nitrogen and oxygen atoms in total. The maximum Gasteiger partial charge on any atom is 0.151 e. The Balaban J connectivity index is 1.50. The van der Waals surface area contributed by atoms with Crippen LogP contribution in [0.5, 0.6) is 0 Å². The van der Waals surface area contributed by atoms with Gasteiger partial charge >= 0.3 is 0 Å². The first kappa shape index (κ1) is 19.4. The number of rotatable bonds is 8. The van der Waals surface area contributed by atoms with E-state index >= 15 is 0 Å². The molecular formula is C21H20N4O3S. The Morgan fingerprint density at radius 2 is 1.55 bits per heavy atom. The van der Waals surface area contributed by atoms with Gasteiger partial charge in [0.05, 0.1) is 24.1 Å². The smallest absolute Gasteiger partial charge is 0.151 e. The molecule has 0 radical (unpaired) electrons. The van der Waals surface area contributed by atoms with Crippen molar-refractivity contribution in [3.63, 3.8) is 0 Å². The van der Waals surface area contributed by atoms with Crippen LogP contribution < -0.4 is 0 Å². The molecule has 0 saturated carbocycles. The number of aromatic nitrogens is 4. The minimum atomic E-state index is 0.160. The van der Waals surface area contributed by atoms with Crippen molar-refractivity contribution >= 4 is 11.3 Å².